The number of rotatable bonds is 6. The minimum Gasteiger partial charge on any atom is -0.493 e. The van der Waals surface area contributed by atoms with E-state index in [1.54, 1.807) is 12.1 Å². The molecule has 0 unspecified atom stereocenters. The van der Waals surface area contributed by atoms with Crippen molar-refractivity contribution in [3.05, 3.63) is 64.7 Å². The van der Waals surface area contributed by atoms with Crippen LogP contribution >= 0.6 is 11.6 Å². The van der Waals surface area contributed by atoms with E-state index in [0.717, 1.165) is 29.7 Å². The first-order chi connectivity index (χ1) is 9.31. The van der Waals surface area contributed by atoms with Gasteiger partial charge in [0.25, 0.3) is 0 Å². The van der Waals surface area contributed by atoms with Crippen LogP contribution in [-0.2, 0) is 6.42 Å². The van der Waals surface area contributed by atoms with Crippen LogP contribution in [0, 0.1) is 0 Å². The molecule has 0 fully saturated rings. The number of hydrogen-bond acceptors (Lipinski definition) is 2. The molecule has 0 aliphatic rings. The lowest BCUT2D eigenvalue weighted by atomic mass is 10.1. The minimum absolute atomic E-state index is 0.566. The van der Waals surface area contributed by atoms with Crippen LogP contribution < -0.4 is 4.74 Å². The summed E-state index contributed by atoms with van der Waals surface area (Å²) in [5.41, 5.74) is 1.71. The molecule has 0 N–H and O–H groups in total. The molecule has 0 amide bonds. The monoisotopic (exact) mass is 274 g/mol. The Bertz CT molecular complexity index is 552. The van der Waals surface area contributed by atoms with Crippen molar-refractivity contribution in [1.82, 2.24) is 0 Å². The van der Waals surface area contributed by atoms with Gasteiger partial charge >= 0.3 is 0 Å². The van der Waals surface area contributed by atoms with E-state index in [9.17, 15) is 4.79 Å². The molecule has 2 nitrogen and oxygen atoms in total. The van der Waals surface area contributed by atoms with E-state index in [1.165, 1.54) is 0 Å². The van der Waals surface area contributed by atoms with Crippen LogP contribution in [0.15, 0.2) is 48.5 Å². The third kappa shape index (κ3) is 3.83. The van der Waals surface area contributed by atoms with E-state index in [2.05, 4.69) is 0 Å². The molecule has 0 saturated heterocycles. The van der Waals surface area contributed by atoms with Gasteiger partial charge in [0.2, 0.25) is 0 Å². The molecule has 3 heteroatoms. The Morgan fingerprint density at radius 2 is 1.79 bits per heavy atom. The molecule has 19 heavy (non-hydrogen) atoms. The fourth-order valence-corrected chi connectivity index (χ4v) is 2.09. The van der Waals surface area contributed by atoms with E-state index >= 15 is 0 Å². The Hall–Kier alpha value is -1.80. The molecule has 0 spiro atoms. The van der Waals surface area contributed by atoms with Crippen molar-refractivity contribution in [2.75, 3.05) is 6.61 Å². The molecular weight excluding hydrogens is 260 g/mol. The minimum atomic E-state index is 0.566. The number of halogens is 1. The maximum atomic E-state index is 10.8. The highest BCUT2D eigenvalue weighted by molar-refractivity contribution is 6.31. The molecule has 0 heterocycles. The fourth-order valence-electron chi connectivity index (χ4n) is 1.86. The smallest absolute Gasteiger partial charge is 0.153 e. The fraction of sp³-hybridized carbons (Fsp3) is 0.188. The van der Waals surface area contributed by atoms with Gasteiger partial charge in [0.15, 0.2) is 6.29 Å². The zero-order valence-electron chi connectivity index (χ0n) is 10.5. The van der Waals surface area contributed by atoms with Gasteiger partial charge < -0.3 is 4.74 Å². The summed E-state index contributed by atoms with van der Waals surface area (Å²) in [6.07, 6.45) is 2.53. The predicted molar refractivity (Wildman–Crippen MR) is 77.1 cm³/mol. The van der Waals surface area contributed by atoms with E-state index in [-0.39, 0.29) is 0 Å². The molecule has 0 saturated carbocycles. The molecule has 2 aromatic carbocycles. The first-order valence-corrected chi connectivity index (χ1v) is 6.59. The average molecular weight is 275 g/mol. The second-order valence-electron chi connectivity index (χ2n) is 4.20. The topological polar surface area (TPSA) is 26.3 Å². The summed E-state index contributed by atoms with van der Waals surface area (Å²) in [4.78, 5) is 10.8. The maximum absolute atomic E-state index is 10.8. The largest absolute Gasteiger partial charge is 0.493 e. The molecule has 98 valence electrons. The Morgan fingerprint density at radius 1 is 1.05 bits per heavy atom. The molecule has 2 aromatic rings. The van der Waals surface area contributed by atoms with Crippen molar-refractivity contribution in [2.45, 2.75) is 12.8 Å². The quantitative estimate of drug-likeness (QED) is 0.584. The molecular formula is C16H15ClO2. The van der Waals surface area contributed by atoms with Crippen molar-refractivity contribution in [1.29, 1.82) is 0 Å². The molecule has 0 aromatic heterocycles. The van der Waals surface area contributed by atoms with Crippen molar-refractivity contribution < 1.29 is 9.53 Å². The van der Waals surface area contributed by atoms with Crippen LogP contribution in [0.3, 0.4) is 0 Å². The number of hydrogen-bond donors (Lipinski definition) is 0. The van der Waals surface area contributed by atoms with Gasteiger partial charge in [0, 0.05) is 5.02 Å². The second-order valence-corrected chi connectivity index (χ2v) is 4.61. The lowest BCUT2D eigenvalue weighted by molar-refractivity contribution is 0.111. The Labute approximate surface area is 118 Å². The normalized spacial score (nSPS) is 10.2. The van der Waals surface area contributed by atoms with Gasteiger partial charge in [-0.2, -0.15) is 0 Å². The van der Waals surface area contributed by atoms with Gasteiger partial charge in [0.1, 0.15) is 5.75 Å². The first-order valence-electron chi connectivity index (χ1n) is 6.21. The van der Waals surface area contributed by atoms with Crippen LogP contribution in [0.25, 0.3) is 0 Å². The van der Waals surface area contributed by atoms with Crippen molar-refractivity contribution >= 4 is 17.9 Å². The van der Waals surface area contributed by atoms with Gasteiger partial charge in [0.05, 0.1) is 12.2 Å². The SMILES string of the molecule is O=Cc1ccccc1OCCCc1ccccc1Cl. The standard InChI is InChI=1S/C16H15ClO2/c17-15-9-3-1-6-13(15)8-5-11-19-16-10-4-2-7-14(16)12-18/h1-4,6-7,9-10,12H,5,8,11H2. The number of benzene rings is 2. The first kappa shape index (κ1) is 13.6. The molecule has 0 bridgehead atoms. The van der Waals surface area contributed by atoms with Crippen LogP contribution in [0.5, 0.6) is 5.75 Å². The van der Waals surface area contributed by atoms with Crippen LogP contribution in [-0.4, -0.2) is 12.9 Å². The van der Waals surface area contributed by atoms with Gasteiger partial charge in [-0.3, -0.25) is 4.79 Å². The highest BCUT2D eigenvalue weighted by Gasteiger charge is 2.02. The third-order valence-electron chi connectivity index (χ3n) is 2.85. The molecule has 0 radical (unpaired) electrons. The summed E-state index contributed by atoms with van der Waals surface area (Å²) in [5, 5.41) is 0.788. The van der Waals surface area contributed by atoms with Gasteiger partial charge in [-0.05, 0) is 36.6 Å². The third-order valence-corrected chi connectivity index (χ3v) is 3.22. The van der Waals surface area contributed by atoms with Gasteiger partial charge in [-0.25, -0.2) is 0 Å². The second kappa shape index (κ2) is 6.95. The Balaban J connectivity index is 1.84. The zero-order valence-corrected chi connectivity index (χ0v) is 11.3. The highest BCUT2D eigenvalue weighted by Crippen LogP contribution is 2.18. The van der Waals surface area contributed by atoms with Crippen molar-refractivity contribution in [3.8, 4) is 5.75 Å². The lowest BCUT2D eigenvalue weighted by Crippen LogP contribution is -2.01. The summed E-state index contributed by atoms with van der Waals surface area (Å²) in [7, 11) is 0. The molecule has 0 atom stereocenters. The summed E-state index contributed by atoms with van der Waals surface area (Å²) in [5.74, 6) is 0.636. The van der Waals surface area contributed by atoms with E-state index in [1.807, 2.05) is 36.4 Å². The maximum Gasteiger partial charge on any atom is 0.153 e. The van der Waals surface area contributed by atoms with E-state index < -0.39 is 0 Å². The molecule has 2 rings (SSSR count). The summed E-state index contributed by atoms with van der Waals surface area (Å²) in [6.45, 7) is 0.566. The van der Waals surface area contributed by atoms with Crippen molar-refractivity contribution in [3.63, 3.8) is 0 Å². The Kier molecular flexibility index (Phi) is 4.99. The highest BCUT2D eigenvalue weighted by atomic mass is 35.5. The van der Waals surface area contributed by atoms with E-state index in [0.29, 0.717) is 17.9 Å². The van der Waals surface area contributed by atoms with Gasteiger partial charge in [-0.1, -0.05) is 41.9 Å². The number of carbonyl (C=O) groups excluding carboxylic acids is 1. The number of ether oxygens (including phenoxy) is 1. The molecule has 0 aliphatic carbocycles. The summed E-state index contributed by atoms with van der Waals surface area (Å²) < 4.78 is 5.62. The number of aldehydes is 1. The van der Waals surface area contributed by atoms with Crippen molar-refractivity contribution in [2.24, 2.45) is 0 Å². The Morgan fingerprint density at radius 3 is 2.58 bits per heavy atom. The number of para-hydroxylation sites is 1. The average Bonchev–Trinajstić information content (AvgIpc) is 2.45. The molecule has 0 aliphatic heterocycles. The number of carbonyl (C=O) groups is 1. The predicted octanol–water partition coefficient (Wildman–Crippen LogP) is 4.16. The lowest BCUT2D eigenvalue weighted by Gasteiger charge is -2.08. The number of aryl methyl sites for hydroxylation is 1. The zero-order chi connectivity index (χ0) is 13.5. The van der Waals surface area contributed by atoms with Gasteiger partial charge in [-0.15, -0.1) is 0 Å². The summed E-state index contributed by atoms with van der Waals surface area (Å²) in [6, 6.07) is 15.0. The van der Waals surface area contributed by atoms with Crippen LogP contribution in [0.2, 0.25) is 5.02 Å². The summed E-state index contributed by atoms with van der Waals surface area (Å²) >= 11 is 6.08. The van der Waals surface area contributed by atoms with Crippen LogP contribution in [0.1, 0.15) is 22.3 Å². The van der Waals surface area contributed by atoms with Crippen LogP contribution in [0.4, 0.5) is 0 Å². The van der Waals surface area contributed by atoms with E-state index in [4.69, 9.17) is 16.3 Å².